The molecule has 2 heterocycles. The molecule has 2 aliphatic rings. The van der Waals surface area contributed by atoms with Crippen molar-refractivity contribution in [3.63, 3.8) is 0 Å². The highest BCUT2D eigenvalue weighted by molar-refractivity contribution is 5.48. The molecule has 1 aromatic heterocycles. The number of anilines is 1. The zero-order valence-corrected chi connectivity index (χ0v) is 12.8. The predicted octanol–water partition coefficient (Wildman–Crippen LogP) is 2.26. The van der Waals surface area contributed by atoms with Crippen LogP contribution in [-0.2, 0) is 11.3 Å². The molecule has 0 amide bonds. The number of rotatable bonds is 4. The van der Waals surface area contributed by atoms with E-state index in [0.717, 1.165) is 38.1 Å². The fourth-order valence-corrected chi connectivity index (χ4v) is 2.80. The Morgan fingerprint density at radius 1 is 1.45 bits per heavy atom. The van der Waals surface area contributed by atoms with Gasteiger partial charge in [-0.05, 0) is 50.8 Å². The number of hydrogen-bond donors (Lipinski definition) is 1. The highest BCUT2D eigenvalue weighted by Gasteiger charge is 2.28. The molecule has 4 nitrogen and oxygen atoms in total. The van der Waals surface area contributed by atoms with E-state index in [0.29, 0.717) is 0 Å². The van der Waals surface area contributed by atoms with E-state index in [1.54, 1.807) is 0 Å². The molecular formula is C16H25N3O. The Morgan fingerprint density at radius 3 is 2.90 bits per heavy atom. The van der Waals surface area contributed by atoms with E-state index in [1.165, 1.54) is 24.0 Å². The van der Waals surface area contributed by atoms with Crippen molar-refractivity contribution in [3.8, 4) is 0 Å². The fraction of sp³-hybridized carbons (Fsp3) is 0.688. The summed E-state index contributed by atoms with van der Waals surface area (Å²) in [5.74, 6) is 1.11. The standard InChI is InChI=1S/C16H25N3O/c1-12-8-13(9-17-14-4-5-14)10-18-15(12)19-6-7-20-16(2,3)11-19/h8,10,14,17H,4-7,9,11H2,1-3H3. The van der Waals surface area contributed by atoms with E-state index in [4.69, 9.17) is 9.72 Å². The molecule has 3 rings (SSSR count). The third-order valence-corrected chi connectivity index (χ3v) is 4.00. The van der Waals surface area contributed by atoms with Gasteiger partial charge in [-0.3, -0.25) is 0 Å². The van der Waals surface area contributed by atoms with Gasteiger partial charge >= 0.3 is 0 Å². The summed E-state index contributed by atoms with van der Waals surface area (Å²) in [5.41, 5.74) is 2.46. The Morgan fingerprint density at radius 2 is 2.25 bits per heavy atom. The minimum absolute atomic E-state index is 0.0848. The topological polar surface area (TPSA) is 37.4 Å². The van der Waals surface area contributed by atoms with Crippen molar-refractivity contribution in [1.82, 2.24) is 10.3 Å². The molecule has 1 aliphatic carbocycles. The van der Waals surface area contributed by atoms with Gasteiger partial charge in [0.2, 0.25) is 0 Å². The van der Waals surface area contributed by atoms with Crippen LogP contribution in [0.2, 0.25) is 0 Å². The Hall–Kier alpha value is -1.13. The van der Waals surface area contributed by atoms with Crippen molar-refractivity contribution in [2.45, 2.75) is 51.8 Å². The Balaban J connectivity index is 1.69. The van der Waals surface area contributed by atoms with Gasteiger partial charge in [0.25, 0.3) is 0 Å². The monoisotopic (exact) mass is 275 g/mol. The van der Waals surface area contributed by atoms with Crippen molar-refractivity contribution < 1.29 is 4.74 Å². The normalized spacial score (nSPS) is 22.1. The highest BCUT2D eigenvalue weighted by Crippen LogP contribution is 2.25. The summed E-state index contributed by atoms with van der Waals surface area (Å²) in [6.45, 7) is 9.99. The number of nitrogens with zero attached hydrogens (tertiary/aromatic N) is 2. The fourth-order valence-electron chi connectivity index (χ4n) is 2.80. The van der Waals surface area contributed by atoms with Gasteiger partial charge in [-0.2, -0.15) is 0 Å². The van der Waals surface area contributed by atoms with Crippen LogP contribution in [0.25, 0.3) is 0 Å². The Kier molecular flexibility index (Phi) is 3.69. The third kappa shape index (κ3) is 3.30. The first-order valence-electron chi connectivity index (χ1n) is 7.61. The molecule has 1 aliphatic heterocycles. The zero-order chi connectivity index (χ0) is 14.2. The van der Waals surface area contributed by atoms with Crippen LogP contribution in [0.4, 0.5) is 5.82 Å². The molecule has 0 unspecified atom stereocenters. The van der Waals surface area contributed by atoms with Gasteiger partial charge in [0.15, 0.2) is 0 Å². The maximum absolute atomic E-state index is 5.77. The maximum atomic E-state index is 5.77. The molecule has 0 atom stereocenters. The molecule has 2 fully saturated rings. The van der Waals surface area contributed by atoms with Gasteiger partial charge in [0.05, 0.1) is 12.2 Å². The molecule has 0 spiro atoms. The van der Waals surface area contributed by atoms with Crippen LogP contribution in [0.1, 0.15) is 37.8 Å². The number of aryl methyl sites for hydroxylation is 1. The molecule has 4 heteroatoms. The number of hydrogen-bond acceptors (Lipinski definition) is 4. The first-order chi connectivity index (χ1) is 9.53. The molecule has 110 valence electrons. The Bertz CT molecular complexity index is 483. The van der Waals surface area contributed by atoms with E-state index in [1.807, 2.05) is 6.20 Å². The van der Waals surface area contributed by atoms with Crippen molar-refractivity contribution in [3.05, 3.63) is 23.4 Å². The summed E-state index contributed by atoms with van der Waals surface area (Å²) in [5, 5.41) is 3.54. The van der Waals surface area contributed by atoms with Gasteiger partial charge < -0.3 is 15.0 Å². The van der Waals surface area contributed by atoms with Gasteiger partial charge in [0.1, 0.15) is 5.82 Å². The number of ether oxygens (including phenoxy) is 1. The molecule has 20 heavy (non-hydrogen) atoms. The van der Waals surface area contributed by atoms with Crippen LogP contribution in [0.5, 0.6) is 0 Å². The molecule has 0 aromatic carbocycles. The van der Waals surface area contributed by atoms with Crippen LogP contribution in [0, 0.1) is 6.92 Å². The smallest absolute Gasteiger partial charge is 0.131 e. The van der Waals surface area contributed by atoms with E-state index >= 15 is 0 Å². The van der Waals surface area contributed by atoms with E-state index in [2.05, 4.69) is 37.1 Å². The van der Waals surface area contributed by atoms with E-state index < -0.39 is 0 Å². The van der Waals surface area contributed by atoms with Crippen molar-refractivity contribution >= 4 is 5.82 Å². The third-order valence-electron chi connectivity index (χ3n) is 4.00. The molecule has 1 saturated heterocycles. The minimum atomic E-state index is -0.0848. The van der Waals surface area contributed by atoms with Crippen molar-refractivity contribution in [2.75, 3.05) is 24.6 Å². The summed E-state index contributed by atoms with van der Waals surface area (Å²) >= 11 is 0. The quantitative estimate of drug-likeness (QED) is 0.914. The largest absolute Gasteiger partial charge is 0.372 e. The summed E-state index contributed by atoms with van der Waals surface area (Å²) in [4.78, 5) is 7.04. The number of pyridine rings is 1. The van der Waals surface area contributed by atoms with Crippen LogP contribution in [0.15, 0.2) is 12.3 Å². The summed E-state index contributed by atoms with van der Waals surface area (Å²) in [6, 6.07) is 3.01. The van der Waals surface area contributed by atoms with Crippen LogP contribution in [0.3, 0.4) is 0 Å². The lowest BCUT2D eigenvalue weighted by atomic mass is 10.1. The minimum Gasteiger partial charge on any atom is -0.372 e. The van der Waals surface area contributed by atoms with Gasteiger partial charge in [0, 0.05) is 31.9 Å². The van der Waals surface area contributed by atoms with E-state index in [-0.39, 0.29) is 5.60 Å². The number of nitrogens with one attached hydrogen (secondary N) is 1. The second-order valence-corrected chi connectivity index (χ2v) is 6.67. The molecule has 1 N–H and O–H groups in total. The average molecular weight is 275 g/mol. The number of morpholine rings is 1. The SMILES string of the molecule is Cc1cc(CNC2CC2)cnc1N1CCOC(C)(C)C1. The second-order valence-electron chi connectivity index (χ2n) is 6.67. The van der Waals surface area contributed by atoms with Crippen LogP contribution in [-0.4, -0.2) is 36.3 Å². The van der Waals surface area contributed by atoms with Crippen molar-refractivity contribution in [2.24, 2.45) is 0 Å². The predicted molar refractivity (Wildman–Crippen MR) is 81.1 cm³/mol. The highest BCUT2D eigenvalue weighted by atomic mass is 16.5. The lowest BCUT2D eigenvalue weighted by Crippen LogP contribution is -2.48. The first kappa shape index (κ1) is 13.8. The molecule has 1 aromatic rings. The molecule has 1 saturated carbocycles. The second kappa shape index (κ2) is 5.34. The average Bonchev–Trinajstić information content (AvgIpc) is 3.19. The van der Waals surface area contributed by atoms with Gasteiger partial charge in [-0.1, -0.05) is 0 Å². The van der Waals surface area contributed by atoms with Gasteiger partial charge in [-0.25, -0.2) is 4.98 Å². The van der Waals surface area contributed by atoms with Crippen LogP contribution >= 0.6 is 0 Å². The first-order valence-corrected chi connectivity index (χ1v) is 7.61. The van der Waals surface area contributed by atoms with Crippen LogP contribution < -0.4 is 10.2 Å². The van der Waals surface area contributed by atoms with E-state index in [9.17, 15) is 0 Å². The molecular weight excluding hydrogens is 250 g/mol. The summed E-state index contributed by atoms with van der Waals surface area (Å²) < 4.78 is 5.77. The van der Waals surface area contributed by atoms with Crippen molar-refractivity contribution in [1.29, 1.82) is 0 Å². The number of aromatic nitrogens is 1. The lowest BCUT2D eigenvalue weighted by molar-refractivity contribution is -0.0279. The molecule has 0 bridgehead atoms. The maximum Gasteiger partial charge on any atom is 0.131 e. The summed E-state index contributed by atoms with van der Waals surface area (Å²) in [7, 11) is 0. The summed E-state index contributed by atoms with van der Waals surface area (Å²) in [6.07, 6.45) is 4.67. The van der Waals surface area contributed by atoms with Gasteiger partial charge in [-0.15, -0.1) is 0 Å². The zero-order valence-electron chi connectivity index (χ0n) is 12.8. The lowest BCUT2D eigenvalue weighted by Gasteiger charge is -2.39. The molecule has 0 radical (unpaired) electrons. The Labute approximate surface area is 121 Å².